The van der Waals surface area contributed by atoms with E-state index in [1.165, 1.54) is 6.20 Å². The number of nitrogens with one attached hydrogen (secondary N) is 1. The minimum atomic E-state index is -1.36. The summed E-state index contributed by atoms with van der Waals surface area (Å²) >= 11 is 5.91. The highest BCUT2D eigenvalue weighted by Crippen LogP contribution is 2.45. The Bertz CT molecular complexity index is 567. The van der Waals surface area contributed by atoms with E-state index >= 15 is 0 Å². The van der Waals surface area contributed by atoms with Crippen molar-refractivity contribution in [2.75, 3.05) is 5.88 Å². The number of rotatable bonds is 3. The van der Waals surface area contributed by atoms with Gasteiger partial charge in [0.25, 0.3) is 5.56 Å². The molecular formula is C12H16ClFN2O3. The second-order valence-electron chi connectivity index (χ2n) is 4.81. The number of halogens is 2. The van der Waals surface area contributed by atoms with E-state index in [2.05, 4.69) is 4.98 Å². The van der Waals surface area contributed by atoms with E-state index in [1.807, 2.05) is 6.92 Å². The minimum absolute atomic E-state index is 0.152. The van der Waals surface area contributed by atoms with Gasteiger partial charge in [-0.3, -0.25) is 14.3 Å². The average molecular weight is 291 g/mol. The van der Waals surface area contributed by atoms with Gasteiger partial charge in [-0.1, -0.05) is 13.8 Å². The summed E-state index contributed by atoms with van der Waals surface area (Å²) in [7, 11) is 0. The average Bonchev–Trinajstić information content (AvgIpc) is 2.64. The first-order valence-corrected chi connectivity index (χ1v) is 6.68. The van der Waals surface area contributed by atoms with Crippen molar-refractivity contribution in [1.29, 1.82) is 0 Å². The maximum absolute atomic E-state index is 14.4. The molecule has 0 aliphatic carbocycles. The monoisotopic (exact) mass is 290 g/mol. The number of ether oxygens (including phenoxy) is 1. The molecule has 0 saturated carbocycles. The molecule has 0 radical (unpaired) electrons. The van der Waals surface area contributed by atoms with E-state index in [4.69, 9.17) is 16.3 Å². The van der Waals surface area contributed by atoms with Gasteiger partial charge in [-0.2, -0.15) is 0 Å². The van der Waals surface area contributed by atoms with Crippen LogP contribution in [0.25, 0.3) is 0 Å². The summed E-state index contributed by atoms with van der Waals surface area (Å²) < 4.78 is 21.2. The van der Waals surface area contributed by atoms with Gasteiger partial charge in [0, 0.05) is 18.2 Å². The van der Waals surface area contributed by atoms with Crippen molar-refractivity contribution in [1.82, 2.24) is 9.55 Å². The highest BCUT2D eigenvalue weighted by Gasteiger charge is 2.52. The van der Waals surface area contributed by atoms with Crippen molar-refractivity contribution < 1.29 is 9.13 Å². The molecule has 1 saturated heterocycles. The Kier molecular flexibility index (Phi) is 3.82. The SMILES string of the molecule is CC[C@@]1(CCl)O[C@@H](n2ccc(=O)[nH]c2=O)[C@@H](F)[C@@H]1C. The summed E-state index contributed by atoms with van der Waals surface area (Å²) in [5.74, 6) is -0.279. The standard InChI is InChI=1S/C12H16ClFN2O3/c1-3-12(6-13)7(2)9(14)10(19-12)16-5-4-8(17)15-11(16)18/h4-5,7,9-10H,3,6H2,1-2H3,(H,15,17,18)/t7-,9-,10+,12-/m0/s1. The number of H-pyrrole nitrogens is 1. The molecule has 5 nitrogen and oxygen atoms in total. The van der Waals surface area contributed by atoms with Gasteiger partial charge < -0.3 is 4.74 Å². The number of aromatic amines is 1. The third kappa shape index (κ3) is 2.23. The smallest absolute Gasteiger partial charge is 0.330 e. The summed E-state index contributed by atoms with van der Waals surface area (Å²) in [4.78, 5) is 24.8. The molecule has 1 aromatic heterocycles. The largest absolute Gasteiger partial charge is 0.347 e. The van der Waals surface area contributed by atoms with E-state index in [9.17, 15) is 14.0 Å². The van der Waals surface area contributed by atoms with Gasteiger partial charge in [0.1, 0.15) is 0 Å². The van der Waals surface area contributed by atoms with Crippen molar-refractivity contribution in [2.24, 2.45) is 5.92 Å². The number of aromatic nitrogens is 2. The van der Waals surface area contributed by atoms with Crippen LogP contribution in [0.5, 0.6) is 0 Å². The molecule has 1 fully saturated rings. The molecule has 0 spiro atoms. The van der Waals surface area contributed by atoms with Crippen LogP contribution in [-0.2, 0) is 4.74 Å². The van der Waals surface area contributed by atoms with Gasteiger partial charge in [0.05, 0.1) is 11.5 Å². The molecule has 0 unspecified atom stereocenters. The van der Waals surface area contributed by atoms with E-state index < -0.39 is 35.2 Å². The first-order valence-electron chi connectivity index (χ1n) is 6.14. The second-order valence-corrected chi connectivity index (χ2v) is 5.08. The third-order valence-corrected chi connectivity index (χ3v) is 4.34. The second kappa shape index (κ2) is 5.09. The molecule has 0 aromatic carbocycles. The molecule has 0 bridgehead atoms. The Hall–Kier alpha value is -1.14. The van der Waals surface area contributed by atoms with E-state index in [-0.39, 0.29) is 5.88 Å². The zero-order valence-electron chi connectivity index (χ0n) is 10.7. The summed E-state index contributed by atoms with van der Waals surface area (Å²) in [6.07, 6.45) is -0.627. The highest BCUT2D eigenvalue weighted by molar-refractivity contribution is 6.18. The molecular weight excluding hydrogens is 275 g/mol. The Morgan fingerprint density at radius 1 is 1.58 bits per heavy atom. The van der Waals surface area contributed by atoms with E-state index in [0.29, 0.717) is 6.42 Å². The van der Waals surface area contributed by atoms with Crippen LogP contribution >= 0.6 is 11.6 Å². The number of nitrogens with zero attached hydrogens (tertiary/aromatic N) is 1. The lowest BCUT2D eigenvalue weighted by Gasteiger charge is -2.29. The van der Waals surface area contributed by atoms with Crippen LogP contribution in [0.1, 0.15) is 26.5 Å². The molecule has 4 atom stereocenters. The van der Waals surface area contributed by atoms with Crippen LogP contribution in [0.3, 0.4) is 0 Å². The molecule has 7 heteroatoms. The van der Waals surface area contributed by atoms with Crippen LogP contribution in [0, 0.1) is 5.92 Å². The lowest BCUT2D eigenvalue weighted by molar-refractivity contribution is -0.0788. The van der Waals surface area contributed by atoms with Crippen molar-refractivity contribution in [3.63, 3.8) is 0 Å². The van der Waals surface area contributed by atoms with Gasteiger partial charge >= 0.3 is 5.69 Å². The quantitative estimate of drug-likeness (QED) is 0.857. The molecule has 0 amide bonds. The van der Waals surface area contributed by atoms with Crippen LogP contribution in [-0.4, -0.2) is 27.2 Å². The third-order valence-electron chi connectivity index (χ3n) is 3.89. The van der Waals surface area contributed by atoms with Crippen molar-refractivity contribution in [2.45, 2.75) is 38.3 Å². The van der Waals surface area contributed by atoms with E-state index in [0.717, 1.165) is 10.6 Å². The molecule has 1 N–H and O–H groups in total. The van der Waals surface area contributed by atoms with Gasteiger partial charge in [-0.15, -0.1) is 11.6 Å². The molecule has 1 aliphatic heterocycles. The molecule has 106 valence electrons. The Labute approximate surface area is 114 Å². The number of alkyl halides is 2. The van der Waals surface area contributed by atoms with Gasteiger partial charge in [0.15, 0.2) is 12.4 Å². The highest BCUT2D eigenvalue weighted by atomic mass is 35.5. The van der Waals surface area contributed by atoms with Crippen molar-refractivity contribution in [3.8, 4) is 0 Å². The first kappa shape index (κ1) is 14.3. The molecule has 2 heterocycles. The lowest BCUT2D eigenvalue weighted by Crippen LogP contribution is -2.37. The lowest BCUT2D eigenvalue weighted by atomic mass is 9.87. The Morgan fingerprint density at radius 2 is 2.26 bits per heavy atom. The Balaban J connectivity index is 2.42. The topological polar surface area (TPSA) is 64.1 Å². The summed E-state index contributed by atoms with van der Waals surface area (Å²) in [6, 6.07) is 1.16. The summed E-state index contributed by atoms with van der Waals surface area (Å²) in [5.41, 5.74) is -2.00. The van der Waals surface area contributed by atoms with Crippen LogP contribution in [0.15, 0.2) is 21.9 Å². The number of hydrogen-bond acceptors (Lipinski definition) is 3. The Morgan fingerprint density at radius 3 is 2.74 bits per heavy atom. The van der Waals surface area contributed by atoms with Gasteiger partial charge in [-0.05, 0) is 6.42 Å². The zero-order valence-corrected chi connectivity index (χ0v) is 11.5. The maximum atomic E-state index is 14.4. The molecule has 2 rings (SSSR count). The predicted molar refractivity (Wildman–Crippen MR) is 69.2 cm³/mol. The fourth-order valence-electron chi connectivity index (χ4n) is 2.44. The fraction of sp³-hybridized carbons (Fsp3) is 0.667. The van der Waals surface area contributed by atoms with Gasteiger partial charge in [0.2, 0.25) is 0 Å². The fourth-order valence-corrected chi connectivity index (χ4v) is 2.94. The van der Waals surface area contributed by atoms with Crippen molar-refractivity contribution >= 4 is 11.6 Å². The zero-order chi connectivity index (χ0) is 14.2. The first-order chi connectivity index (χ1) is 8.95. The van der Waals surface area contributed by atoms with Crippen LogP contribution < -0.4 is 11.2 Å². The normalized spacial score (nSPS) is 34.6. The minimum Gasteiger partial charge on any atom is -0.347 e. The number of hydrogen-bond donors (Lipinski definition) is 1. The predicted octanol–water partition coefficient (Wildman–Crippen LogP) is 1.43. The molecule has 1 aromatic rings. The molecule has 19 heavy (non-hydrogen) atoms. The summed E-state index contributed by atoms with van der Waals surface area (Å²) in [5, 5.41) is 0. The van der Waals surface area contributed by atoms with Crippen LogP contribution in [0.4, 0.5) is 4.39 Å². The summed E-state index contributed by atoms with van der Waals surface area (Å²) in [6.45, 7) is 3.58. The van der Waals surface area contributed by atoms with Crippen LogP contribution in [0.2, 0.25) is 0 Å². The molecule has 1 aliphatic rings. The van der Waals surface area contributed by atoms with Gasteiger partial charge in [-0.25, -0.2) is 9.18 Å². The van der Waals surface area contributed by atoms with Crippen molar-refractivity contribution in [3.05, 3.63) is 33.1 Å². The maximum Gasteiger partial charge on any atom is 0.330 e. The van der Waals surface area contributed by atoms with E-state index in [1.54, 1.807) is 6.92 Å².